The second-order valence-electron chi connectivity index (χ2n) is 12.7. The number of carboxylic acid groups (broad SMARTS) is 1. The first-order chi connectivity index (χ1) is 25.1. The number of aryl methyl sites for hydroxylation is 2. The number of aliphatic carboxylic acids is 1. The van der Waals surface area contributed by atoms with Crippen molar-refractivity contribution in [3.05, 3.63) is 114 Å². The molecule has 5 N–H and O–H groups in total. The molecule has 52 heavy (non-hydrogen) atoms. The molecule has 7 rings (SSSR count). The lowest BCUT2D eigenvalue weighted by atomic mass is 9.97. The second kappa shape index (κ2) is 16.1. The monoisotopic (exact) mass is 715 g/mol. The first-order valence-electron chi connectivity index (χ1n) is 17.1. The molecule has 1 aliphatic rings. The number of carboxylic acids is 1. The third-order valence-corrected chi connectivity index (χ3v) is 9.29. The van der Waals surface area contributed by atoms with Crippen LogP contribution in [0.4, 0.5) is 13.2 Å². The van der Waals surface area contributed by atoms with Crippen LogP contribution in [0, 0.1) is 5.92 Å². The van der Waals surface area contributed by atoms with Gasteiger partial charge in [-0.3, -0.25) is 4.79 Å². The lowest BCUT2D eigenvalue weighted by molar-refractivity contribution is -0.192. The van der Waals surface area contributed by atoms with Gasteiger partial charge in [-0.1, -0.05) is 48.5 Å². The smallest absolute Gasteiger partial charge is 0.490 e. The van der Waals surface area contributed by atoms with E-state index in [1.54, 1.807) is 7.11 Å². The van der Waals surface area contributed by atoms with Gasteiger partial charge >= 0.3 is 12.1 Å². The van der Waals surface area contributed by atoms with E-state index < -0.39 is 12.1 Å². The van der Waals surface area contributed by atoms with Crippen LogP contribution in [0.5, 0.6) is 5.75 Å². The Bertz CT molecular complexity index is 2110. The predicted octanol–water partition coefficient (Wildman–Crippen LogP) is 6.12. The standard InChI is InChI=1S/C36H39N7O2.C2HF3O2/c1-45-28-15-12-24(13-16-28)23-43-34(17-14-25-21-38-31-10-4-2-8-29(25)31)41-42-35(43)33(40-36(44)26-7-6-18-37-20-26)19-27-22-39-32-11-5-3-9-30(27)32;3-2(4,5)1(6)7/h2-5,8-13,15-16,21-22,26,33,37-39H,6-7,14,17-20,23H2,1H3,(H,40,44);(H,6,7)/t26-,33+;/m0./s1. The number of hydrogen-bond acceptors (Lipinski definition) is 6. The highest BCUT2D eigenvalue weighted by Crippen LogP contribution is 2.27. The van der Waals surface area contributed by atoms with E-state index in [0.717, 1.165) is 70.8 Å². The average Bonchev–Trinajstić information content (AvgIpc) is 3.88. The summed E-state index contributed by atoms with van der Waals surface area (Å²) in [5.74, 6) is -0.291. The minimum Gasteiger partial charge on any atom is -0.497 e. The summed E-state index contributed by atoms with van der Waals surface area (Å²) >= 11 is 0. The minimum absolute atomic E-state index is 0.0615. The highest BCUT2D eigenvalue weighted by molar-refractivity contribution is 5.84. The van der Waals surface area contributed by atoms with Gasteiger partial charge in [-0.15, -0.1) is 10.2 Å². The highest BCUT2D eigenvalue weighted by Gasteiger charge is 2.38. The minimum atomic E-state index is -5.08. The van der Waals surface area contributed by atoms with Crippen LogP contribution in [-0.2, 0) is 35.4 Å². The molecule has 2 atom stereocenters. The summed E-state index contributed by atoms with van der Waals surface area (Å²) in [5, 5.41) is 25.9. The molecule has 6 aromatic rings. The maximum atomic E-state index is 13.7. The molecule has 0 unspecified atom stereocenters. The summed E-state index contributed by atoms with van der Waals surface area (Å²) in [5.41, 5.74) is 5.70. The van der Waals surface area contributed by atoms with E-state index in [9.17, 15) is 18.0 Å². The van der Waals surface area contributed by atoms with Crippen molar-refractivity contribution in [1.29, 1.82) is 0 Å². The van der Waals surface area contributed by atoms with Gasteiger partial charge in [0.1, 0.15) is 11.6 Å². The fraction of sp³-hybridized carbons (Fsp3) is 0.316. The number of rotatable bonds is 11. The molecule has 4 heterocycles. The molecule has 0 radical (unpaired) electrons. The number of piperidine rings is 1. The number of carbonyl (C=O) groups excluding carboxylic acids is 1. The van der Waals surface area contributed by atoms with Gasteiger partial charge in [0.2, 0.25) is 5.91 Å². The van der Waals surface area contributed by atoms with Crippen molar-refractivity contribution in [2.75, 3.05) is 20.2 Å². The number of carbonyl (C=O) groups is 2. The number of ether oxygens (including phenoxy) is 1. The number of H-pyrrole nitrogens is 2. The number of nitrogens with one attached hydrogen (secondary N) is 4. The normalized spacial score (nSPS) is 15.2. The highest BCUT2D eigenvalue weighted by atomic mass is 19.4. The molecule has 3 aromatic carbocycles. The predicted molar refractivity (Wildman–Crippen MR) is 190 cm³/mol. The van der Waals surface area contributed by atoms with Crippen molar-refractivity contribution in [2.45, 2.75) is 50.9 Å². The van der Waals surface area contributed by atoms with Crippen molar-refractivity contribution in [3.63, 3.8) is 0 Å². The number of methoxy groups -OCH3 is 1. The summed E-state index contributed by atoms with van der Waals surface area (Å²) in [7, 11) is 1.68. The van der Waals surface area contributed by atoms with Gasteiger partial charge in [0.25, 0.3) is 0 Å². The number of para-hydroxylation sites is 2. The molecule has 0 aliphatic carbocycles. The van der Waals surface area contributed by atoms with Gasteiger partial charge in [0, 0.05) is 53.6 Å². The number of benzene rings is 3. The van der Waals surface area contributed by atoms with E-state index in [2.05, 4.69) is 79.9 Å². The zero-order valence-electron chi connectivity index (χ0n) is 28.5. The van der Waals surface area contributed by atoms with Crippen LogP contribution >= 0.6 is 0 Å². The maximum Gasteiger partial charge on any atom is 0.490 e. The Labute approximate surface area is 297 Å². The molecule has 272 valence electrons. The molecule has 1 aliphatic heterocycles. The van der Waals surface area contributed by atoms with Crippen molar-refractivity contribution >= 4 is 33.7 Å². The van der Waals surface area contributed by atoms with Crippen LogP contribution in [0.15, 0.2) is 85.2 Å². The fourth-order valence-electron chi connectivity index (χ4n) is 6.56. The van der Waals surface area contributed by atoms with E-state index in [-0.39, 0.29) is 17.9 Å². The quantitative estimate of drug-likeness (QED) is 0.109. The fourth-order valence-corrected chi connectivity index (χ4v) is 6.56. The summed E-state index contributed by atoms with van der Waals surface area (Å²) in [6, 6.07) is 24.4. The van der Waals surface area contributed by atoms with E-state index in [4.69, 9.17) is 24.8 Å². The lowest BCUT2D eigenvalue weighted by Crippen LogP contribution is -2.42. The van der Waals surface area contributed by atoms with Gasteiger partial charge in [-0.2, -0.15) is 13.2 Å². The van der Waals surface area contributed by atoms with Crippen LogP contribution in [-0.4, -0.2) is 68.1 Å². The Kier molecular flexibility index (Phi) is 11.2. The van der Waals surface area contributed by atoms with Gasteiger partial charge in [-0.05, 0) is 66.8 Å². The zero-order chi connectivity index (χ0) is 36.7. The topological polar surface area (TPSA) is 150 Å². The molecule has 14 heteroatoms. The van der Waals surface area contributed by atoms with Crippen molar-refractivity contribution in [1.82, 2.24) is 35.4 Å². The van der Waals surface area contributed by atoms with E-state index in [0.29, 0.717) is 25.9 Å². The Morgan fingerprint density at radius 2 is 1.58 bits per heavy atom. The van der Waals surface area contributed by atoms with Gasteiger partial charge < -0.3 is 35.0 Å². The number of halogens is 3. The summed E-state index contributed by atoms with van der Waals surface area (Å²) in [4.78, 5) is 29.4. The Morgan fingerprint density at radius 3 is 2.19 bits per heavy atom. The van der Waals surface area contributed by atoms with E-state index in [1.165, 1.54) is 10.9 Å². The van der Waals surface area contributed by atoms with Crippen molar-refractivity contribution < 1.29 is 32.6 Å². The number of amides is 1. The molecule has 1 amide bonds. The third-order valence-electron chi connectivity index (χ3n) is 9.29. The Morgan fingerprint density at radius 1 is 0.942 bits per heavy atom. The van der Waals surface area contributed by atoms with Crippen LogP contribution in [0.25, 0.3) is 21.8 Å². The number of alkyl halides is 3. The molecular formula is C38H40F3N7O4. The Balaban J connectivity index is 0.000000604. The summed E-state index contributed by atoms with van der Waals surface area (Å²) in [6.07, 6.45) is 3.06. The molecule has 3 aromatic heterocycles. The molecule has 1 saturated heterocycles. The molecule has 1 fully saturated rings. The molecule has 0 bridgehead atoms. The number of nitrogens with zero attached hydrogens (tertiary/aromatic N) is 3. The molecule has 0 saturated carbocycles. The van der Waals surface area contributed by atoms with Crippen LogP contribution in [0.1, 0.15) is 47.2 Å². The summed E-state index contributed by atoms with van der Waals surface area (Å²) < 4.78 is 39.4. The van der Waals surface area contributed by atoms with Gasteiger partial charge in [0.05, 0.1) is 25.6 Å². The average molecular weight is 716 g/mol. The lowest BCUT2D eigenvalue weighted by Gasteiger charge is -2.26. The second-order valence-corrected chi connectivity index (χ2v) is 12.7. The Hall–Kier alpha value is -5.63. The van der Waals surface area contributed by atoms with E-state index in [1.807, 2.05) is 30.5 Å². The molecule has 0 spiro atoms. The number of aromatic amines is 2. The van der Waals surface area contributed by atoms with Gasteiger partial charge in [0.15, 0.2) is 5.82 Å². The number of hydrogen-bond donors (Lipinski definition) is 5. The van der Waals surface area contributed by atoms with Crippen molar-refractivity contribution in [2.24, 2.45) is 5.92 Å². The third kappa shape index (κ3) is 8.62. The van der Waals surface area contributed by atoms with Crippen molar-refractivity contribution in [3.8, 4) is 5.75 Å². The maximum absolute atomic E-state index is 13.7. The largest absolute Gasteiger partial charge is 0.497 e. The summed E-state index contributed by atoms with van der Waals surface area (Å²) in [6.45, 7) is 2.24. The van der Waals surface area contributed by atoms with Crippen LogP contribution in [0.3, 0.4) is 0 Å². The van der Waals surface area contributed by atoms with Crippen LogP contribution in [0.2, 0.25) is 0 Å². The number of fused-ring (bicyclic) bond motifs is 2. The zero-order valence-corrected chi connectivity index (χ0v) is 28.5. The molecular weight excluding hydrogens is 675 g/mol. The van der Waals surface area contributed by atoms with Crippen LogP contribution < -0.4 is 15.4 Å². The number of aromatic nitrogens is 5. The first kappa shape index (κ1) is 36.2. The molecule has 11 nitrogen and oxygen atoms in total. The first-order valence-corrected chi connectivity index (χ1v) is 17.1. The van der Waals surface area contributed by atoms with E-state index >= 15 is 0 Å². The van der Waals surface area contributed by atoms with Gasteiger partial charge in [-0.25, -0.2) is 4.79 Å². The SMILES string of the molecule is COc1ccc(Cn2c(CCc3c[nH]c4ccccc34)nnc2[C@@H](Cc2c[nH]c3ccccc23)NC(=O)[C@H]2CCCNC2)cc1.O=C(O)C(F)(F)F.